The number of pyridine rings is 1. The molecule has 3 heterocycles. The van der Waals surface area contributed by atoms with Gasteiger partial charge in [0.15, 0.2) is 0 Å². The average Bonchev–Trinajstić information content (AvgIpc) is 3.74. The maximum absolute atomic E-state index is 6.61. The molecule has 0 fully saturated rings. The van der Waals surface area contributed by atoms with Gasteiger partial charge in [-0.15, -0.1) is 35.7 Å². The van der Waals surface area contributed by atoms with Gasteiger partial charge < -0.3 is 26.5 Å². The molecule has 0 amide bonds. The molecule has 5 nitrogen and oxygen atoms in total. The number of hydrogen-bond donors (Lipinski definition) is 0. The molecule has 296 valence electrons. The van der Waals surface area contributed by atoms with Crippen LogP contribution in [-0.4, -0.2) is 16.2 Å². The van der Waals surface area contributed by atoms with Crippen LogP contribution < -0.4 is 14.5 Å². The van der Waals surface area contributed by atoms with E-state index in [1.54, 1.807) is 0 Å². The van der Waals surface area contributed by atoms with Crippen molar-refractivity contribution in [3.05, 3.63) is 169 Å². The fourth-order valence-corrected chi connectivity index (χ4v) is 7.28. The van der Waals surface area contributed by atoms with Crippen LogP contribution in [0.25, 0.3) is 33.3 Å². The number of nitrogens with zero attached hydrogens (tertiary/aromatic N) is 4. The van der Waals surface area contributed by atoms with Gasteiger partial charge >= 0.3 is 0 Å². The maximum atomic E-state index is 6.61. The van der Waals surface area contributed by atoms with Gasteiger partial charge in [-0.05, 0) is 74.2 Å². The minimum atomic E-state index is -0.0109. The van der Waals surface area contributed by atoms with E-state index in [0.29, 0.717) is 18.2 Å². The Morgan fingerprint density at radius 1 is 0.614 bits per heavy atom. The Bertz CT molecular complexity index is 2530. The molecule has 0 radical (unpaired) electrons. The quantitative estimate of drug-likeness (QED) is 0.156. The molecule has 0 unspecified atom stereocenters. The summed E-state index contributed by atoms with van der Waals surface area (Å²) in [6.07, 6.45) is 4.17. The molecule has 2 aromatic heterocycles. The third-order valence-corrected chi connectivity index (χ3v) is 10.6. The Balaban J connectivity index is 0.00000275. The van der Waals surface area contributed by atoms with E-state index in [4.69, 9.17) is 9.72 Å². The zero-order valence-electron chi connectivity index (χ0n) is 34.8. The number of fused-ring (bicyclic) bond motifs is 3. The second kappa shape index (κ2) is 15.7. The normalized spacial score (nSPS) is 13.4. The van der Waals surface area contributed by atoms with Gasteiger partial charge in [-0.1, -0.05) is 128 Å². The van der Waals surface area contributed by atoms with E-state index in [-0.39, 0.29) is 44.7 Å². The van der Waals surface area contributed by atoms with E-state index in [2.05, 4.69) is 192 Å². The summed E-state index contributed by atoms with van der Waals surface area (Å²) in [5, 5.41) is 2.25. The molecule has 1 aliphatic heterocycles. The van der Waals surface area contributed by atoms with E-state index < -0.39 is 0 Å². The molecule has 6 heteroatoms. The molecule has 0 saturated heterocycles. The third kappa shape index (κ3) is 8.32. The smallest absolute Gasteiger partial charge is 0.135 e. The summed E-state index contributed by atoms with van der Waals surface area (Å²) < 4.78 is 8.80. The monoisotopic (exact) mass is 932 g/mol. The van der Waals surface area contributed by atoms with Crippen molar-refractivity contribution in [2.45, 2.75) is 78.6 Å². The van der Waals surface area contributed by atoms with Crippen LogP contribution in [0.3, 0.4) is 0 Å². The first-order valence-corrected chi connectivity index (χ1v) is 19.2. The molecule has 0 bridgehead atoms. The number of aromatic nitrogens is 2. The van der Waals surface area contributed by atoms with Crippen LogP contribution >= 0.6 is 0 Å². The Labute approximate surface area is 354 Å². The van der Waals surface area contributed by atoms with Crippen molar-refractivity contribution in [3.63, 3.8) is 0 Å². The summed E-state index contributed by atoms with van der Waals surface area (Å²) in [4.78, 5) is 9.52. The molecule has 0 spiro atoms. The van der Waals surface area contributed by atoms with Crippen molar-refractivity contribution in [1.29, 1.82) is 0 Å². The van der Waals surface area contributed by atoms with Crippen molar-refractivity contribution >= 4 is 38.9 Å². The molecule has 1 aliphatic rings. The number of rotatable bonds is 6. The van der Waals surface area contributed by atoms with E-state index in [0.717, 1.165) is 44.6 Å². The molecule has 7 aromatic rings. The predicted octanol–water partition coefficient (Wildman–Crippen LogP) is 13.2. The van der Waals surface area contributed by atoms with E-state index >= 15 is 0 Å². The van der Waals surface area contributed by atoms with Crippen molar-refractivity contribution in [1.82, 2.24) is 9.55 Å². The summed E-state index contributed by atoms with van der Waals surface area (Å²) in [5.74, 6) is 2.11. The molecule has 8 rings (SSSR count). The number of hydrogen-bond acceptors (Lipinski definition) is 4. The minimum absolute atomic E-state index is 0. The zero-order valence-corrected chi connectivity index (χ0v) is 37.1. The summed E-state index contributed by atoms with van der Waals surface area (Å²) >= 11 is 0. The summed E-state index contributed by atoms with van der Waals surface area (Å²) in [6, 6.07) is 47.9. The average molecular weight is 933 g/mol. The fraction of sp³-hybridized carbons (Fsp3) is 0.255. The van der Waals surface area contributed by atoms with Gasteiger partial charge in [-0.25, -0.2) is 4.98 Å². The van der Waals surface area contributed by atoms with Crippen molar-refractivity contribution in [2.75, 3.05) is 16.5 Å². The van der Waals surface area contributed by atoms with Gasteiger partial charge in [0.1, 0.15) is 5.82 Å². The van der Waals surface area contributed by atoms with Crippen LogP contribution in [-0.2, 0) is 37.3 Å². The SMILES string of the molecule is CC(C)(C)c1cc(N2C=C(c3ccccc3)N(c3[c-]c(Oc4[c-]c5c(cc4)c4ccccc4n5-c4cc(C(C)(C)C)ccn4)ccc3)C2)cc(C(C)(C)C)c1.[CH3-].[Pt]. The van der Waals surface area contributed by atoms with E-state index in [1.807, 2.05) is 24.4 Å². The molecular formula is C51H53N4OPt-3. The number of ether oxygens (including phenoxy) is 1. The van der Waals surface area contributed by atoms with E-state index in [1.165, 1.54) is 22.4 Å². The molecule has 57 heavy (non-hydrogen) atoms. The summed E-state index contributed by atoms with van der Waals surface area (Å²) in [7, 11) is 0. The Hall–Kier alpha value is -5.12. The first-order valence-electron chi connectivity index (χ1n) is 19.2. The van der Waals surface area contributed by atoms with Crippen LogP contribution in [0, 0.1) is 19.6 Å². The summed E-state index contributed by atoms with van der Waals surface area (Å²) in [5.41, 5.74) is 10.3. The molecule has 0 aliphatic carbocycles. The number of para-hydroxylation sites is 1. The molecule has 0 N–H and O–H groups in total. The second-order valence-corrected chi connectivity index (χ2v) is 17.8. The standard InChI is InChI=1S/C50H50N4O.CH3.Pt/c1-48(2,3)35-24-25-51-47(29-35)54-44-21-14-13-20-42(44)43-23-22-41(31-45(43)54)55-40-19-15-18-38(30-40)53-33-52(32-46(53)34-16-11-10-12-17-34)39-27-36(49(4,5)6)26-37(28-39)50(7,8)9;;/h10-29,32H,33H2,1-9H3;1H3;/q-2;-1;. The van der Waals surface area contributed by atoms with E-state index in [9.17, 15) is 0 Å². The van der Waals surface area contributed by atoms with Crippen LogP contribution in [0.2, 0.25) is 0 Å². The van der Waals surface area contributed by atoms with Crippen molar-refractivity contribution < 1.29 is 25.8 Å². The maximum Gasteiger partial charge on any atom is 0.135 e. The first kappa shape index (κ1) is 41.5. The van der Waals surface area contributed by atoms with Crippen LogP contribution in [0.5, 0.6) is 11.5 Å². The number of benzene rings is 5. The molecule has 0 atom stereocenters. The van der Waals surface area contributed by atoms with Gasteiger partial charge in [0.2, 0.25) is 0 Å². The van der Waals surface area contributed by atoms with Crippen LogP contribution in [0.1, 0.15) is 84.6 Å². The van der Waals surface area contributed by atoms with Crippen LogP contribution in [0.4, 0.5) is 11.4 Å². The van der Waals surface area contributed by atoms with Gasteiger partial charge in [0.25, 0.3) is 0 Å². The minimum Gasteiger partial charge on any atom is -0.509 e. The summed E-state index contributed by atoms with van der Waals surface area (Å²) in [6.45, 7) is 21.1. The first-order chi connectivity index (χ1) is 26.1. The Morgan fingerprint density at radius 2 is 1.26 bits per heavy atom. The number of anilines is 2. The largest absolute Gasteiger partial charge is 0.509 e. The van der Waals surface area contributed by atoms with Gasteiger partial charge in [0, 0.05) is 56.2 Å². The van der Waals surface area contributed by atoms with Crippen LogP contribution in [0.15, 0.2) is 128 Å². The Morgan fingerprint density at radius 3 is 1.95 bits per heavy atom. The topological polar surface area (TPSA) is 33.5 Å². The fourth-order valence-electron chi connectivity index (χ4n) is 7.28. The van der Waals surface area contributed by atoms with Crippen molar-refractivity contribution in [2.24, 2.45) is 0 Å². The molecule has 0 saturated carbocycles. The predicted molar refractivity (Wildman–Crippen MR) is 236 cm³/mol. The second-order valence-electron chi connectivity index (χ2n) is 17.8. The van der Waals surface area contributed by atoms with Gasteiger partial charge in [-0.2, -0.15) is 12.1 Å². The van der Waals surface area contributed by atoms with Gasteiger partial charge in [-0.3, -0.25) is 0 Å². The Kier molecular flexibility index (Phi) is 11.4. The molecular weight excluding hydrogens is 880 g/mol. The third-order valence-electron chi connectivity index (χ3n) is 10.6. The zero-order chi connectivity index (χ0) is 38.7. The van der Waals surface area contributed by atoms with Gasteiger partial charge in [0.05, 0.1) is 12.4 Å². The molecule has 5 aromatic carbocycles. The van der Waals surface area contributed by atoms with Crippen molar-refractivity contribution in [3.8, 4) is 17.3 Å².